The van der Waals surface area contributed by atoms with E-state index in [1.54, 1.807) is 14.2 Å². The summed E-state index contributed by atoms with van der Waals surface area (Å²) in [7, 11) is 3.21. The van der Waals surface area contributed by atoms with E-state index >= 15 is 0 Å². The number of ether oxygens (including phenoxy) is 2. The number of carbonyl (C=O) groups excluding carboxylic acids is 1. The second kappa shape index (κ2) is 14.5. The van der Waals surface area contributed by atoms with Crippen molar-refractivity contribution in [2.75, 3.05) is 20.8 Å². The Bertz CT molecular complexity index is 502. The number of nitrogens with one attached hydrogen (secondary N) is 1. The summed E-state index contributed by atoms with van der Waals surface area (Å²) in [5.74, 6) is 1.41. The van der Waals surface area contributed by atoms with Crippen LogP contribution in [0.15, 0.2) is 18.2 Å². The maximum atomic E-state index is 12.0. The van der Waals surface area contributed by atoms with E-state index in [0.29, 0.717) is 17.9 Å². The minimum atomic E-state index is 0.0631. The summed E-state index contributed by atoms with van der Waals surface area (Å²) in [6.07, 6.45) is 13.4. The number of methoxy groups -OCH3 is 2. The third-order valence-electron chi connectivity index (χ3n) is 4.67. The molecule has 0 aliphatic heterocycles. The highest BCUT2D eigenvalue weighted by Crippen LogP contribution is 2.27. The molecule has 0 unspecified atom stereocenters. The molecule has 1 amide bonds. The molecule has 0 atom stereocenters. The lowest BCUT2D eigenvalue weighted by Crippen LogP contribution is -2.26. The van der Waals surface area contributed by atoms with E-state index < -0.39 is 0 Å². The van der Waals surface area contributed by atoms with E-state index in [0.717, 1.165) is 18.5 Å². The highest BCUT2D eigenvalue weighted by atomic mass is 16.5. The Morgan fingerprint density at radius 2 is 1.42 bits per heavy atom. The van der Waals surface area contributed by atoms with Gasteiger partial charge in [0.05, 0.1) is 20.6 Å². The summed E-state index contributed by atoms with van der Waals surface area (Å²) >= 11 is 0. The lowest BCUT2D eigenvalue weighted by atomic mass is 10.1. The fourth-order valence-electron chi connectivity index (χ4n) is 3.08. The SMILES string of the molecule is CCCCCCCCCCCCNC(=O)Cc1ccc(OC)c(OC)c1. The molecule has 26 heavy (non-hydrogen) atoms. The fourth-order valence-corrected chi connectivity index (χ4v) is 3.08. The van der Waals surface area contributed by atoms with Gasteiger partial charge >= 0.3 is 0 Å². The summed E-state index contributed by atoms with van der Waals surface area (Å²) in [4.78, 5) is 12.0. The largest absolute Gasteiger partial charge is 0.493 e. The van der Waals surface area contributed by atoms with Crippen LogP contribution in [0.1, 0.15) is 76.7 Å². The van der Waals surface area contributed by atoms with Gasteiger partial charge in [0.15, 0.2) is 11.5 Å². The quantitative estimate of drug-likeness (QED) is 0.431. The predicted molar refractivity (Wildman–Crippen MR) is 108 cm³/mol. The number of benzene rings is 1. The van der Waals surface area contributed by atoms with Gasteiger partial charge in [-0.1, -0.05) is 70.8 Å². The van der Waals surface area contributed by atoms with Gasteiger partial charge in [-0.05, 0) is 24.1 Å². The van der Waals surface area contributed by atoms with Gasteiger partial charge in [0, 0.05) is 6.54 Å². The molecule has 1 aromatic rings. The van der Waals surface area contributed by atoms with Crippen molar-refractivity contribution in [3.63, 3.8) is 0 Å². The number of amides is 1. The Morgan fingerprint density at radius 1 is 0.846 bits per heavy atom. The van der Waals surface area contributed by atoms with E-state index in [2.05, 4.69) is 12.2 Å². The monoisotopic (exact) mass is 363 g/mol. The summed E-state index contributed by atoms with van der Waals surface area (Å²) in [5, 5.41) is 3.01. The van der Waals surface area contributed by atoms with Crippen molar-refractivity contribution in [2.45, 2.75) is 77.6 Å². The average molecular weight is 364 g/mol. The first kappa shape index (κ1) is 22.3. The molecule has 4 nitrogen and oxygen atoms in total. The van der Waals surface area contributed by atoms with Gasteiger partial charge in [0.2, 0.25) is 5.91 Å². The number of unbranched alkanes of at least 4 members (excludes halogenated alkanes) is 9. The molecule has 0 aromatic heterocycles. The van der Waals surface area contributed by atoms with Crippen LogP contribution in [-0.4, -0.2) is 26.7 Å². The third-order valence-corrected chi connectivity index (χ3v) is 4.67. The van der Waals surface area contributed by atoms with Crippen molar-refractivity contribution in [2.24, 2.45) is 0 Å². The molecule has 0 saturated carbocycles. The molecule has 4 heteroatoms. The molecule has 0 bridgehead atoms. The molecule has 0 aliphatic carbocycles. The predicted octanol–water partition coefficient (Wildman–Crippen LogP) is 5.28. The maximum absolute atomic E-state index is 12.0. The second-order valence-electron chi connectivity index (χ2n) is 6.90. The Kier molecular flexibility index (Phi) is 12.4. The number of carbonyl (C=O) groups is 1. The molecule has 0 radical (unpaired) electrons. The zero-order valence-electron chi connectivity index (χ0n) is 16.9. The van der Waals surface area contributed by atoms with Crippen LogP contribution in [0.3, 0.4) is 0 Å². The van der Waals surface area contributed by atoms with Gasteiger partial charge in [-0.15, -0.1) is 0 Å². The van der Waals surface area contributed by atoms with Gasteiger partial charge in [0.25, 0.3) is 0 Å². The standard InChI is InChI=1S/C22H37NO3/c1-4-5-6-7-8-9-10-11-12-13-16-23-22(24)18-19-14-15-20(25-2)21(17-19)26-3/h14-15,17H,4-13,16,18H2,1-3H3,(H,23,24). The van der Waals surface area contributed by atoms with Crippen LogP contribution in [0.5, 0.6) is 11.5 Å². The third kappa shape index (κ3) is 9.69. The van der Waals surface area contributed by atoms with Crippen LogP contribution in [0.25, 0.3) is 0 Å². The molecule has 0 heterocycles. The molecule has 1 rings (SSSR count). The van der Waals surface area contributed by atoms with E-state index in [-0.39, 0.29) is 5.91 Å². The summed E-state index contributed by atoms with van der Waals surface area (Å²) in [6, 6.07) is 5.60. The zero-order valence-corrected chi connectivity index (χ0v) is 16.9. The summed E-state index contributed by atoms with van der Waals surface area (Å²) < 4.78 is 10.5. The highest BCUT2D eigenvalue weighted by molar-refractivity contribution is 5.78. The number of hydrogen-bond acceptors (Lipinski definition) is 3. The second-order valence-corrected chi connectivity index (χ2v) is 6.90. The molecule has 0 spiro atoms. The first-order valence-electron chi connectivity index (χ1n) is 10.2. The van der Waals surface area contributed by atoms with Crippen molar-refractivity contribution in [1.29, 1.82) is 0 Å². The molecule has 0 aliphatic rings. The minimum absolute atomic E-state index is 0.0631. The Balaban J connectivity index is 2.07. The Hall–Kier alpha value is -1.71. The summed E-state index contributed by atoms with van der Waals surface area (Å²) in [5.41, 5.74) is 0.934. The topological polar surface area (TPSA) is 47.6 Å². The van der Waals surface area contributed by atoms with Gasteiger partial charge in [-0.3, -0.25) is 4.79 Å². The smallest absolute Gasteiger partial charge is 0.224 e. The van der Waals surface area contributed by atoms with E-state index in [4.69, 9.17) is 9.47 Å². The van der Waals surface area contributed by atoms with E-state index in [9.17, 15) is 4.79 Å². The van der Waals surface area contributed by atoms with Crippen molar-refractivity contribution in [3.05, 3.63) is 23.8 Å². The lowest BCUT2D eigenvalue weighted by Gasteiger charge is -2.10. The Morgan fingerprint density at radius 3 is 2.00 bits per heavy atom. The van der Waals surface area contributed by atoms with E-state index in [1.165, 1.54) is 57.8 Å². The van der Waals surface area contributed by atoms with Crippen LogP contribution < -0.4 is 14.8 Å². The first-order chi connectivity index (χ1) is 12.7. The lowest BCUT2D eigenvalue weighted by molar-refractivity contribution is -0.120. The van der Waals surface area contributed by atoms with Crippen LogP contribution in [0.4, 0.5) is 0 Å². The minimum Gasteiger partial charge on any atom is -0.493 e. The van der Waals surface area contributed by atoms with Gasteiger partial charge in [-0.2, -0.15) is 0 Å². The highest BCUT2D eigenvalue weighted by Gasteiger charge is 2.08. The molecule has 1 N–H and O–H groups in total. The molecule has 0 saturated heterocycles. The first-order valence-corrected chi connectivity index (χ1v) is 10.2. The van der Waals surface area contributed by atoms with Gasteiger partial charge in [-0.25, -0.2) is 0 Å². The van der Waals surface area contributed by atoms with Crippen molar-refractivity contribution in [3.8, 4) is 11.5 Å². The normalized spacial score (nSPS) is 10.6. The zero-order chi connectivity index (χ0) is 19.0. The van der Waals surface area contributed by atoms with Gasteiger partial charge in [0.1, 0.15) is 0 Å². The van der Waals surface area contributed by atoms with Crippen molar-refractivity contribution >= 4 is 5.91 Å². The van der Waals surface area contributed by atoms with Crippen LogP contribution in [0, 0.1) is 0 Å². The Labute approximate surface area is 159 Å². The average Bonchev–Trinajstić information content (AvgIpc) is 2.66. The number of hydrogen-bond donors (Lipinski definition) is 1. The fraction of sp³-hybridized carbons (Fsp3) is 0.682. The summed E-state index contributed by atoms with van der Waals surface area (Å²) in [6.45, 7) is 3.02. The van der Waals surface area contributed by atoms with Crippen LogP contribution in [0.2, 0.25) is 0 Å². The van der Waals surface area contributed by atoms with Crippen LogP contribution in [-0.2, 0) is 11.2 Å². The molecule has 148 valence electrons. The van der Waals surface area contributed by atoms with Gasteiger partial charge < -0.3 is 14.8 Å². The van der Waals surface area contributed by atoms with Crippen LogP contribution >= 0.6 is 0 Å². The molecule has 1 aromatic carbocycles. The molecular formula is C22H37NO3. The van der Waals surface area contributed by atoms with Crippen molar-refractivity contribution in [1.82, 2.24) is 5.32 Å². The molecule has 0 fully saturated rings. The maximum Gasteiger partial charge on any atom is 0.224 e. The van der Waals surface area contributed by atoms with Crippen molar-refractivity contribution < 1.29 is 14.3 Å². The molecular weight excluding hydrogens is 326 g/mol. The number of rotatable bonds is 15. The van der Waals surface area contributed by atoms with E-state index in [1.807, 2.05) is 18.2 Å².